The van der Waals surface area contributed by atoms with Gasteiger partial charge >= 0.3 is 0 Å². The van der Waals surface area contributed by atoms with Crippen molar-refractivity contribution in [3.8, 4) is 5.75 Å². The number of benzene rings is 1. The second-order valence-corrected chi connectivity index (χ2v) is 9.72. The number of nitrogens with zero attached hydrogens (tertiary/aromatic N) is 4. The molecule has 0 aliphatic carbocycles. The third-order valence-corrected chi connectivity index (χ3v) is 6.53. The number of morpholine rings is 1. The SMILES string of the molecule is CCCn1c(NC(=O)c2cc(C)nn2CC)nc2cc(C(N)=O)cc(OCCCNC(=O)CC3COCCN3)c21. The van der Waals surface area contributed by atoms with Crippen molar-refractivity contribution in [3.63, 3.8) is 0 Å². The molecule has 3 aromatic rings. The Morgan fingerprint density at radius 2 is 2.08 bits per heavy atom. The molecule has 1 saturated heterocycles. The molecule has 13 nitrogen and oxygen atoms in total. The second kappa shape index (κ2) is 13.4. The first-order valence-corrected chi connectivity index (χ1v) is 13.7. The normalized spacial score (nSPS) is 15.2. The van der Waals surface area contributed by atoms with Gasteiger partial charge in [-0.25, -0.2) is 4.98 Å². The molecular weight excluding hydrogens is 516 g/mol. The van der Waals surface area contributed by atoms with Crippen LogP contribution in [0.4, 0.5) is 5.95 Å². The van der Waals surface area contributed by atoms with Crippen molar-refractivity contribution >= 4 is 34.7 Å². The van der Waals surface area contributed by atoms with Crippen LogP contribution in [0.15, 0.2) is 18.2 Å². The Labute approximate surface area is 232 Å². The lowest BCUT2D eigenvalue weighted by atomic mass is 10.1. The van der Waals surface area contributed by atoms with Crippen LogP contribution in [0.25, 0.3) is 11.0 Å². The van der Waals surface area contributed by atoms with Gasteiger partial charge in [-0.3, -0.25) is 24.4 Å². The number of nitrogens with one attached hydrogen (secondary N) is 3. The Balaban J connectivity index is 1.49. The molecule has 13 heteroatoms. The number of ether oxygens (including phenoxy) is 2. The highest BCUT2D eigenvalue weighted by molar-refractivity contribution is 6.04. The largest absolute Gasteiger partial charge is 0.491 e. The molecule has 1 aromatic carbocycles. The summed E-state index contributed by atoms with van der Waals surface area (Å²) in [4.78, 5) is 42.1. The molecule has 1 fully saturated rings. The van der Waals surface area contributed by atoms with Crippen LogP contribution in [0, 0.1) is 6.92 Å². The van der Waals surface area contributed by atoms with Gasteiger partial charge in [-0.1, -0.05) is 6.92 Å². The number of hydrogen-bond acceptors (Lipinski definition) is 8. The van der Waals surface area contributed by atoms with Gasteiger partial charge in [0.05, 0.1) is 31.0 Å². The molecule has 216 valence electrons. The number of imidazole rings is 1. The lowest BCUT2D eigenvalue weighted by Crippen LogP contribution is -2.44. The van der Waals surface area contributed by atoms with Crippen molar-refractivity contribution in [3.05, 3.63) is 35.2 Å². The number of carbonyl (C=O) groups excluding carboxylic acids is 3. The summed E-state index contributed by atoms with van der Waals surface area (Å²) in [5, 5.41) is 13.4. The van der Waals surface area contributed by atoms with Gasteiger partial charge in [-0.05, 0) is 44.9 Å². The molecule has 1 unspecified atom stereocenters. The van der Waals surface area contributed by atoms with Gasteiger partial charge < -0.3 is 30.4 Å². The summed E-state index contributed by atoms with van der Waals surface area (Å²) >= 11 is 0. The van der Waals surface area contributed by atoms with Gasteiger partial charge in [0.25, 0.3) is 5.91 Å². The summed E-state index contributed by atoms with van der Waals surface area (Å²) in [6, 6.07) is 4.93. The summed E-state index contributed by atoms with van der Waals surface area (Å²) in [5.41, 5.74) is 8.13. The Morgan fingerprint density at radius 3 is 2.77 bits per heavy atom. The molecule has 0 bridgehead atoms. The molecular formula is C27H38N8O5. The number of amides is 3. The Bertz CT molecular complexity index is 1360. The van der Waals surface area contributed by atoms with Gasteiger partial charge in [-0.2, -0.15) is 5.10 Å². The molecule has 0 saturated carbocycles. The molecule has 4 rings (SSSR count). The second-order valence-electron chi connectivity index (χ2n) is 9.72. The number of rotatable bonds is 13. The molecule has 0 radical (unpaired) electrons. The summed E-state index contributed by atoms with van der Waals surface area (Å²) in [7, 11) is 0. The zero-order valence-electron chi connectivity index (χ0n) is 23.3. The van der Waals surface area contributed by atoms with Crippen molar-refractivity contribution in [1.82, 2.24) is 30.0 Å². The fourth-order valence-electron chi connectivity index (χ4n) is 4.68. The maximum absolute atomic E-state index is 13.1. The van der Waals surface area contributed by atoms with E-state index >= 15 is 0 Å². The molecule has 0 spiro atoms. The summed E-state index contributed by atoms with van der Waals surface area (Å²) in [6.45, 7) is 9.52. The smallest absolute Gasteiger partial charge is 0.276 e. The predicted octanol–water partition coefficient (Wildman–Crippen LogP) is 1.59. The van der Waals surface area contributed by atoms with Crippen LogP contribution >= 0.6 is 0 Å². The molecule has 1 atom stereocenters. The average Bonchev–Trinajstić information content (AvgIpc) is 3.48. The molecule has 2 aromatic heterocycles. The minimum absolute atomic E-state index is 0.0231. The maximum atomic E-state index is 13.1. The molecule has 3 amide bonds. The highest BCUT2D eigenvalue weighted by atomic mass is 16.5. The molecule has 40 heavy (non-hydrogen) atoms. The number of carbonyl (C=O) groups is 3. The predicted molar refractivity (Wildman–Crippen MR) is 149 cm³/mol. The van der Waals surface area contributed by atoms with E-state index in [1.165, 1.54) is 0 Å². The zero-order valence-corrected chi connectivity index (χ0v) is 23.3. The van der Waals surface area contributed by atoms with Crippen LogP contribution in [0.3, 0.4) is 0 Å². The van der Waals surface area contributed by atoms with Crippen LogP contribution in [0.2, 0.25) is 0 Å². The summed E-state index contributed by atoms with van der Waals surface area (Å²) < 4.78 is 15.0. The lowest BCUT2D eigenvalue weighted by molar-refractivity contribution is -0.122. The van der Waals surface area contributed by atoms with Crippen molar-refractivity contribution < 1.29 is 23.9 Å². The van der Waals surface area contributed by atoms with Gasteiger partial charge in [0, 0.05) is 44.2 Å². The van der Waals surface area contributed by atoms with E-state index in [2.05, 4.69) is 26.0 Å². The van der Waals surface area contributed by atoms with Crippen molar-refractivity contribution in [2.45, 2.75) is 59.2 Å². The van der Waals surface area contributed by atoms with Crippen LogP contribution in [-0.4, -0.2) is 76.0 Å². The van der Waals surface area contributed by atoms with Gasteiger partial charge in [0.1, 0.15) is 17.0 Å². The Hall–Kier alpha value is -3.97. The van der Waals surface area contributed by atoms with E-state index in [1.54, 1.807) is 22.9 Å². The number of primary amides is 1. The third kappa shape index (κ3) is 6.96. The Kier molecular flexibility index (Phi) is 9.72. The van der Waals surface area contributed by atoms with Crippen LogP contribution in [0.1, 0.15) is 59.7 Å². The van der Waals surface area contributed by atoms with Gasteiger partial charge in [-0.15, -0.1) is 0 Å². The van der Waals surface area contributed by atoms with E-state index < -0.39 is 5.91 Å². The summed E-state index contributed by atoms with van der Waals surface area (Å²) in [6.07, 6.45) is 1.67. The zero-order chi connectivity index (χ0) is 28.6. The molecule has 1 aliphatic rings. The minimum Gasteiger partial charge on any atom is -0.491 e. The van der Waals surface area contributed by atoms with E-state index in [4.69, 9.17) is 15.2 Å². The topological polar surface area (TPSA) is 167 Å². The number of anilines is 1. The highest BCUT2D eigenvalue weighted by Gasteiger charge is 2.22. The van der Waals surface area contributed by atoms with Crippen LogP contribution < -0.4 is 26.4 Å². The molecule has 5 N–H and O–H groups in total. The monoisotopic (exact) mass is 554 g/mol. The fourth-order valence-corrected chi connectivity index (χ4v) is 4.68. The van der Waals surface area contributed by atoms with E-state index in [1.807, 2.05) is 25.3 Å². The average molecular weight is 555 g/mol. The third-order valence-electron chi connectivity index (χ3n) is 6.53. The number of fused-ring (bicyclic) bond motifs is 1. The van der Waals surface area contributed by atoms with E-state index in [9.17, 15) is 14.4 Å². The van der Waals surface area contributed by atoms with E-state index in [0.717, 1.165) is 18.7 Å². The van der Waals surface area contributed by atoms with Crippen LogP contribution in [0.5, 0.6) is 5.75 Å². The summed E-state index contributed by atoms with van der Waals surface area (Å²) in [5.74, 6) is -0.239. The number of hydrogen-bond donors (Lipinski definition) is 4. The highest BCUT2D eigenvalue weighted by Crippen LogP contribution is 2.31. The molecule has 3 heterocycles. The van der Waals surface area contributed by atoms with Crippen molar-refractivity contribution in [1.29, 1.82) is 0 Å². The standard InChI is InChI=1S/C27H38N8O5/c1-4-9-34-24-20(31-27(34)32-26(38)21-12-17(3)33-35(21)5-2)13-18(25(28)37)14-22(24)40-10-6-7-30-23(36)15-19-16-39-11-8-29-19/h12-14,19,29H,4-11,15-16H2,1-3H3,(H2,28,37)(H,30,36)(H,31,32,38). The molecule has 1 aliphatic heterocycles. The van der Waals surface area contributed by atoms with Gasteiger partial charge in [0.15, 0.2) is 0 Å². The first kappa shape index (κ1) is 29.0. The lowest BCUT2D eigenvalue weighted by Gasteiger charge is -2.23. The van der Waals surface area contributed by atoms with Crippen molar-refractivity contribution in [2.24, 2.45) is 5.73 Å². The maximum Gasteiger partial charge on any atom is 0.276 e. The first-order valence-electron chi connectivity index (χ1n) is 13.7. The Morgan fingerprint density at radius 1 is 1.25 bits per heavy atom. The minimum atomic E-state index is -0.614. The number of aromatic nitrogens is 4. The fraction of sp³-hybridized carbons (Fsp3) is 0.519. The quantitative estimate of drug-likeness (QED) is 0.231. The van der Waals surface area contributed by atoms with E-state index in [0.29, 0.717) is 74.1 Å². The van der Waals surface area contributed by atoms with Gasteiger partial charge in [0.2, 0.25) is 17.8 Å². The van der Waals surface area contributed by atoms with Crippen LogP contribution in [-0.2, 0) is 22.6 Å². The number of nitrogens with two attached hydrogens (primary N) is 1. The first-order chi connectivity index (χ1) is 19.3. The van der Waals surface area contributed by atoms with E-state index in [-0.39, 0.29) is 30.0 Å². The number of aryl methyl sites for hydroxylation is 3. The van der Waals surface area contributed by atoms with Crippen molar-refractivity contribution in [2.75, 3.05) is 38.2 Å².